The van der Waals surface area contributed by atoms with Crippen molar-refractivity contribution in [1.29, 1.82) is 0 Å². The zero-order valence-electron chi connectivity index (χ0n) is 11.2. The molecule has 0 aromatic carbocycles. The molecule has 3 nitrogen and oxygen atoms in total. The molecular weight excluding hydrogens is 212 g/mol. The lowest BCUT2D eigenvalue weighted by Crippen LogP contribution is -2.15. The second kappa shape index (κ2) is 8.31. The van der Waals surface area contributed by atoms with Gasteiger partial charge in [-0.05, 0) is 43.4 Å². The van der Waals surface area contributed by atoms with Crippen molar-refractivity contribution in [2.45, 2.75) is 46.2 Å². The fourth-order valence-electron chi connectivity index (χ4n) is 1.89. The molecule has 0 aliphatic carbocycles. The maximum absolute atomic E-state index is 8.90. The van der Waals surface area contributed by atoms with Crippen LogP contribution in [0.4, 0.5) is 0 Å². The molecule has 1 unspecified atom stereocenters. The Kier molecular flexibility index (Phi) is 6.97. The number of aryl methyl sites for hydroxylation is 1. The van der Waals surface area contributed by atoms with Gasteiger partial charge in [0.25, 0.3) is 0 Å². The van der Waals surface area contributed by atoms with Gasteiger partial charge in [-0.3, -0.25) is 0 Å². The van der Waals surface area contributed by atoms with Gasteiger partial charge in [-0.15, -0.1) is 0 Å². The fraction of sp³-hybridized carbons (Fsp3) is 0.714. The van der Waals surface area contributed by atoms with E-state index in [-0.39, 0.29) is 0 Å². The van der Waals surface area contributed by atoms with Crippen molar-refractivity contribution in [3.8, 4) is 0 Å². The predicted octanol–water partition coefficient (Wildman–Crippen LogP) is 2.40. The standard InChI is InChI=1S/C14H26N2O/c1-3-8-16-9-6-14(11-16)10-15-7-4-5-13(2)12-17/h6,9,11,13,15,17H,3-5,7-8,10,12H2,1-2H3. The first-order valence-corrected chi connectivity index (χ1v) is 6.72. The molecule has 0 bridgehead atoms. The first kappa shape index (κ1) is 14.3. The Morgan fingerprint density at radius 3 is 3.00 bits per heavy atom. The average Bonchev–Trinajstić information content (AvgIpc) is 2.76. The Bertz CT molecular complexity index is 296. The number of nitrogens with zero attached hydrogens (tertiary/aromatic N) is 1. The first-order chi connectivity index (χ1) is 8.26. The second-order valence-electron chi connectivity index (χ2n) is 4.86. The van der Waals surface area contributed by atoms with Crippen molar-refractivity contribution in [3.63, 3.8) is 0 Å². The average molecular weight is 238 g/mol. The predicted molar refractivity (Wildman–Crippen MR) is 71.9 cm³/mol. The van der Waals surface area contributed by atoms with Crippen LogP contribution in [-0.2, 0) is 13.1 Å². The molecule has 0 aliphatic heterocycles. The summed E-state index contributed by atoms with van der Waals surface area (Å²) < 4.78 is 2.24. The number of nitrogens with one attached hydrogen (secondary N) is 1. The zero-order valence-corrected chi connectivity index (χ0v) is 11.2. The van der Waals surface area contributed by atoms with E-state index >= 15 is 0 Å². The van der Waals surface area contributed by atoms with Crippen LogP contribution in [0, 0.1) is 5.92 Å². The van der Waals surface area contributed by atoms with Gasteiger partial charge in [0.15, 0.2) is 0 Å². The Morgan fingerprint density at radius 1 is 1.47 bits per heavy atom. The number of rotatable bonds is 9. The van der Waals surface area contributed by atoms with Crippen LogP contribution >= 0.6 is 0 Å². The highest BCUT2D eigenvalue weighted by atomic mass is 16.3. The largest absolute Gasteiger partial charge is 0.396 e. The third-order valence-corrected chi connectivity index (χ3v) is 2.98. The van der Waals surface area contributed by atoms with Crippen molar-refractivity contribution in [3.05, 3.63) is 24.0 Å². The van der Waals surface area contributed by atoms with Crippen LogP contribution < -0.4 is 5.32 Å². The number of hydrogen-bond donors (Lipinski definition) is 2. The molecule has 0 fully saturated rings. The topological polar surface area (TPSA) is 37.2 Å². The lowest BCUT2D eigenvalue weighted by atomic mass is 10.1. The van der Waals surface area contributed by atoms with E-state index in [1.54, 1.807) is 0 Å². The molecule has 0 aliphatic rings. The van der Waals surface area contributed by atoms with E-state index in [4.69, 9.17) is 5.11 Å². The molecular formula is C14H26N2O. The molecule has 98 valence electrons. The van der Waals surface area contributed by atoms with Gasteiger partial charge >= 0.3 is 0 Å². The molecule has 3 heteroatoms. The normalized spacial score (nSPS) is 12.9. The van der Waals surface area contributed by atoms with E-state index in [1.807, 2.05) is 0 Å². The van der Waals surface area contributed by atoms with Crippen molar-refractivity contribution >= 4 is 0 Å². The van der Waals surface area contributed by atoms with E-state index in [2.05, 4.69) is 42.2 Å². The van der Waals surface area contributed by atoms with Crippen LogP contribution in [0.3, 0.4) is 0 Å². The monoisotopic (exact) mass is 238 g/mol. The number of hydrogen-bond acceptors (Lipinski definition) is 2. The molecule has 1 rings (SSSR count). The molecule has 0 radical (unpaired) electrons. The van der Waals surface area contributed by atoms with Crippen LogP contribution in [0.15, 0.2) is 18.5 Å². The molecule has 0 saturated carbocycles. The fourth-order valence-corrected chi connectivity index (χ4v) is 1.89. The first-order valence-electron chi connectivity index (χ1n) is 6.72. The Balaban J connectivity index is 2.09. The highest BCUT2D eigenvalue weighted by Crippen LogP contribution is 2.04. The minimum absolute atomic E-state index is 0.305. The van der Waals surface area contributed by atoms with Gasteiger partial charge in [0.1, 0.15) is 0 Å². The molecule has 1 atom stereocenters. The molecule has 17 heavy (non-hydrogen) atoms. The van der Waals surface area contributed by atoms with Crippen LogP contribution in [0.1, 0.15) is 38.7 Å². The number of aliphatic hydroxyl groups excluding tert-OH is 1. The van der Waals surface area contributed by atoms with Crippen molar-refractivity contribution in [2.24, 2.45) is 5.92 Å². The van der Waals surface area contributed by atoms with Crippen LogP contribution in [0.5, 0.6) is 0 Å². The molecule has 1 heterocycles. The summed E-state index contributed by atoms with van der Waals surface area (Å²) in [6, 6.07) is 2.18. The second-order valence-corrected chi connectivity index (χ2v) is 4.86. The van der Waals surface area contributed by atoms with Gasteiger partial charge in [0, 0.05) is 32.1 Å². The van der Waals surface area contributed by atoms with Crippen LogP contribution in [0.2, 0.25) is 0 Å². The highest BCUT2D eigenvalue weighted by Gasteiger charge is 1.99. The van der Waals surface area contributed by atoms with E-state index in [1.165, 1.54) is 12.0 Å². The van der Waals surface area contributed by atoms with E-state index in [0.717, 1.165) is 32.5 Å². The third-order valence-electron chi connectivity index (χ3n) is 2.98. The van der Waals surface area contributed by atoms with Gasteiger partial charge in [-0.25, -0.2) is 0 Å². The molecule has 0 spiro atoms. The van der Waals surface area contributed by atoms with Gasteiger partial charge < -0.3 is 15.0 Å². The van der Waals surface area contributed by atoms with Crippen LogP contribution in [-0.4, -0.2) is 22.8 Å². The van der Waals surface area contributed by atoms with Gasteiger partial charge in [-0.2, -0.15) is 0 Å². The molecule has 0 saturated heterocycles. The van der Waals surface area contributed by atoms with Gasteiger partial charge in [0.05, 0.1) is 0 Å². The summed E-state index contributed by atoms with van der Waals surface area (Å²) in [5, 5.41) is 12.3. The zero-order chi connectivity index (χ0) is 12.5. The lowest BCUT2D eigenvalue weighted by Gasteiger charge is -2.07. The summed E-state index contributed by atoms with van der Waals surface area (Å²) in [7, 11) is 0. The minimum Gasteiger partial charge on any atom is -0.396 e. The molecule has 1 aromatic rings. The summed E-state index contributed by atoms with van der Waals surface area (Å²) in [5.41, 5.74) is 1.36. The number of aromatic nitrogens is 1. The molecule has 1 aromatic heterocycles. The van der Waals surface area contributed by atoms with Crippen molar-refractivity contribution in [2.75, 3.05) is 13.2 Å². The van der Waals surface area contributed by atoms with Gasteiger partial charge in [0.2, 0.25) is 0 Å². The minimum atomic E-state index is 0.305. The van der Waals surface area contributed by atoms with Crippen LogP contribution in [0.25, 0.3) is 0 Å². The highest BCUT2D eigenvalue weighted by molar-refractivity contribution is 5.09. The maximum atomic E-state index is 8.90. The van der Waals surface area contributed by atoms with E-state index in [9.17, 15) is 0 Å². The summed E-state index contributed by atoms with van der Waals surface area (Å²) in [6.07, 6.45) is 7.78. The van der Waals surface area contributed by atoms with E-state index < -0.39 is 0 Å². The third kappa shape index (κ3) is 5.89. The summed E-state index contributed by atoms with van der Waals surface area (Å²) in [4.78, 5) is 0. The van der Waals surface area contributed by atoms with Crippen molar-refractivity contribution < 1.29 is 5.11 Å². The quantitative estimate of drug-likeness (QED) is 0.648. The Labute approximate surface area is 105 Å². The lowest BCUT2D eigenvalue weighted by molar-refractivity contribution is 0.228. The molecule has 2 N–H and O–H groups in total. The summed E-state index contributed by atoms with van der Waals surface area (Å²) >= 11 is 0. The SMILES string of the molecule is CCCn1ccc(CNCCCC(C)CO)c1. The van der Waals surface area contributed by atoms with Crippen molar-refractivity contribution in [1.82, 2.24) is 9.88 Å². The maximum Gasteiger partial charge on any atom is 0.0456 e. The summed E-state index contributed by atoms with van der Waals surface area (Å²) in [6.45, 7) is 7.67. The summed E-state index contributed by atoms with van der Waals surface area (Å²) in [5.74, 6) is 0.433. The Hall–Kier alpha value is -0.800. The smallest absolute Gasteiger partial charge is 0.0456 e. The van der Waals surface area contributed by atoms with Gasteiger partial charge in [-0.1, -0.05) is 13.8 Å². The Morgan fingerprint density at radius 2 is 2.29 bits per heavy atom. The molecule has 0 amide bonds. The number of aliphatic hydroxyl groups is 1. The van der Waals surface area contributed by atoms with E-state index in [0.29, 0.717) is 12.5 Å².